The summed E-state index contributed by atoms with van der Waals surface area (Å²) < 4.78 is 10.6. The summed E-state index contributed by atoms with van der Waals surface area (Å²) in [6.45, 7) is 7.01. The number of halogens is 1. The molecule has 0 aliphatic carbocycles. The van der Waals surface area contributed by atoms with E-state index in [4.69, 9.17) is 21.1 Å². The van der Waals surface area contributed by atoms with E-state index in [1.165, 1.54) is 6.42 Å². The van der Waals surface area contributed by atoms with Gasteiger partial charge in [-0.2, -0.15) is 0 Å². The first kappa shape index (κ1) is 14.7. The number of ether oxygens (including phenoxy) is 2. The van der Waals surface area contributed by atoms with Gasteiger partial charge in [0, 0.05) is 24.7 Å². The average Bonchev–Trinajstić information content (AvgIpc) is 2.83. The number of Topliss-reactive ketones (excluding diaryl/α,β-unsaturated/α-hetero) is 1. The van der Waals surface area contributed by atoms with Crippen molar-refractivity contribution in [1.29, 1.82) is 0 Å². The molecule has 2 atom stereocenters. The third-order valence-corrected chi connectivity index (χ3v) is 4.39. The van der Waals surface area contributed by atoms with Crippen molar-refractivity contribution in [3.63, 3.8) is 0 Å². The van der Waals surface area contributed by atoms with Gasteiger partial charge in [-0.25, -0.2) is 0 Å². The third kappa shape index (κ3) is 3.16. The van der Waals surface area contributed by atoms with Crippen LogP contribution in [0, 0.1) is 11.8 Å². The van der Waals surface area contributed by atoms with Crippen LogP contribution in [-0.2, 0) is 0 Å². The molecule has 0 saturated carbocycles. The van der Waals surface area contributed by atoms with Crippen LogP contribution in [0.25, 0.3) is 0 Å². The predicted octanol–water partition coefficient (Wildman–Crippen LogP) is 3.23. The zero-order chi connectivity index (χ0) is 15.0. The number of nitrogens with zero attached hydrogens (tertiary/aromatic N) is 1. The molecule has 2 heterocycles. The Morgan fingerprint density at radius 1 is 1.24 bits per heavy atom. The van der Waals surface area contributed by atoms with E-state index in [9.17, 15) is 4.79 Å². The number of hydrogen-bond acceptors (Lipinski definition) is 4. The van der Waals surface area contributed by atoms with Gasteiger partial charge in [0.1, 0.15) is 0 Å². The first-order valence-corrected chi connectivity index (χ1v) is 7.75. The number of fused-ring (bicyclic) bond motifs is 1. The number of carbonyl (C=O) groups is 1. The first-order valence-electron chi connectivity index (χ1n) is 7.37. The second kappa shape index (κ2) is 5.85. The smallest absolute Gasteiger partial charge is 0.231 e. The largest absolute Gasteiger partial charge is 0.454 e. The molecule has 1 aromatic carbocycles. The van der Waals surface area contributed by atoms with E-state index in [0.717, 1.165) is 13.1 Å². The highest BCUT2D eigenvalue weighted by molar-refractivity contribution is 6.34. The molecule has 0 aromatic heterocycles. The fourth-order valence-electron chi connectivity index (χ4n) is 3.34. The molecular weight excluding hydrogens is 290 g/mol. The summed E-state index contributed by atoms with van der Waals surface area (Å²) in [7, 11) is 0. The summed E-state index contributed by atoms with van der Waals surface area (Å²) in [6, 6.07) is 3.36. The molecule has 0 spiro atoms. The minimum Gasteiger partial charge on any atom is -0.454 e. The zero-order valence-corrected chi connectivity index (χ0v) is 13.2. The zero-order valence-electron chi connectivity index (χ0n) is 12.4. The van der Waals surface area contributed by atoms with Gasteiger partial charge in [0.15, 0.2) is 17.3 Å². The molecule has 4 nitrogen and oxygen atoms in total. The van der Waals surface area contributed by atoms with Crippen LogP contribution >= 0.6 is 11.6 Å². The van der Waals surface area contributed by atoms with Crippen molar-refractivity contribution in [1.82, 2.24) is 4.90 Å². The minimum absolute atomic E-state index is 0.0413. The monoisotopic (exact) mass is 309 g/mol. The number of benzene rings is 1. The molecule has 2 unspecified atom stereocenters. The predicted molar refractivity (Wildman–Crippen MR) is 81.3 cm³/mol. The molecule has 2 aliphatic rings. The Bertz CT molecular complexity index is 551. The molecule has 114 valence electrons. The van der Waals surface area contributed by atoms with Crippen LogP contribution in [-0.4, -0.2) is 37.1 Å². The van der Waals surface area contributed by atoms with Crippen LogP contribution in [0.15, 0.2) is 12.1 Å². The molecule has 0 bridgehead atoms. The number of hydrogen-bond donors (Lipinski definition) is 0. The topological polar surface area (TPSA) is 38.8 Å². The van der Waals surface area contributed by atoms with Crippen LogP contribution < -0.4 is 9.47 Å². The lowest BCUT2D eigenvalue weighted by molar-refractivity contribution is 0.0849. The van der Waals surface area contributed by atoms with Gasteiger partial charge in [-0.15, -0.1) is 0 Å². The Labute approximate surface area is 130 Å². The maximum atomic E-state index is 12.5. The van der Waals surface area contributed by atoms with Crippen molar-refractivity contribution in [2.24, 2.45) is 11.8 Å². The molecule has 0 radical (unpaired) electrons. The Kier molecular flexibility index (Phi) is 4.09. The molecule has 2 aliphatic heterocycles. The summed E-state index contributed by atoms with van der Waals surface area (Å²) in [4.78, 5) is 14.7. The summed E-state index contributed by atoms with van der Waals surface area (Å²) >= 11 is 6.20. The first-order chi connectivity index (χ1) is 10.0. The second-order valence-corrected chi connectivity index (χ2v) is 6.66. The fraction of sp³-hybridized carbons (Fsp3) is 0.562. The Hall–Kier alpha value is -1.26. The molecule has 1 fully saturated rings. The van der Waals surface area contributed by atoms with Crippen LogP contribution in [0.1, 0.15) is 30.6 Å². The Balaban J connectivity index is 1.73. The highest BCUT2D eigenvalue weighted by Gasteiger charge is 2.25. The van der Waals surface area contributed by atoms with Gasteiger partial charge in [0.25, 0.3) is 0 Å². The normalized spacial score (nSPS) is 25.1. The van der Waals surface area contributed by atoms with Crippen LogP contribution in [0.5, 0.6) is 11.5 Å². The molecule has 1 aromatic rings. The van der Waals surface area contributed by atoms with Crippen molar-refractivity contribution in [2.45, 2.75) is 20.3 Å². The number of carbonyl (C=O) groups excluding carboxylic acids is 1. The van der Waals surface area contributed by atoms with Gasteiger partial charge in [0.05, 0.1) is 11.6 Å². The van der Waals surface area contributed by atoms with Gasteiger partial charge >= 0.3 is 0 Å². The lowest BCUT2D eigenvalue weighted by atomic mass is 9.91. The maximum absolute atomic E-state index is 12.5. The highest BCUT2D eigenvalue weighted by Crippen LogP contribution is 2.37. The summed E-state index contributed by atoms with van der Waals surface area (Å²) in [5, 5.41) is 0.433. The molecular formula is C16H20ClNO3. The standard InChI is InChI=1S/C16H20ClNO3/c1-10-3-11(2)7-18(6-10)8-14(19)12-4-15-16(5-13(12)17)21-9-20-15/h4-5,10-11H,3,6-9H2,1-2H3. The van der Waals surface area contributed by atoms with Gasteiger partial charge < -0.3 is 9.47 Å². The van der Waals surface area contributed by atoms with E-state index in [1.807, 2.05) is 0 Å². The molecule has 3 rings (SSSR count). The number of rotatable bonds is 3. The van der Waals surface area contributed by atoms with E-state index in [1.54, 1.807) is 12.1 Å². The highest BCUT2D eigenvalue weighted by atomic mass is 35.5. The molecule has 1 saturated heterocycles. The van der Waals surface area contributed by atoms with Gasteiger partial charge in [-0.3, -0.25) is 9.69 Å². The van der Waals surface area contributed by atoms with E-state index in [2.05, 4.69) is 18.7 Å². The summed E-state index contributed by atoms with van der Waals surface area (Å²) in [5.74, 6) is 2.52. The van der Waals surface area contributed by atoms with Crippen molar-refractivity contribution in [2.75, 3.05) is 26.4 Å². The van der Waals surface area contributed by atoms with E-state index in [0.29, 0.717) is 40.5 Å². The molecule has 21 heavy (non-hydrogen) atoms. The van der Waals surface area contributed by atoms with E-state index < -0.39 is 0 Å². The van der Waals surface area contributed by atoms with Gasteiger partial charge in [-0.1, -0.05) is 25.4 Å². The van der Waals surface area contributed by atoms with Crippen LogP contribution in [0.4, 0.5) is 0 Å². The van der Waals surface area contributed by atoms with Crippen molar-refractivity contribution in [3.8, 4) is 11.5 Å². The van der Waals surface area contributed by atoms with Crippen LogP contribution in [0.2, 0.25) is 5.02 Å². The minimum atomic E-state index is 0.0413. The molecule has 0 N–H and O–H groups in total. The lowest BCUT2D eigenvalue weighted by Gasteiger charge is -2.34. The average molecular weight is 310 g/mol. The number of piperidine rings is 1. The van der Waals surface area contributed by atoms with Crippen molar-refractivity contribution >= 4 is 17.4 Å². The molecule has 5 heteroatoms. The van der Waals surface area contributed by atoms with Gasteiger partial charge in [-0.05, 0) is 24.3 Å². The van der Waals surface area contributed by atoms with E-state index >= 15 is 0 Å². The maximum Gasteiger partial charge on any atom is 0.231 e. The quantitative estimate of drug-likeness (QED) is 0.804. The van der Waals surface area contributed by atoms with Crippen LogP contribution in [0.3, 0.4) is 0 Å². The van der Waals surface area contributed by atoms with Crippen molar-refractivity contribution in [3.05, 3.63) is 22.7 Å². The van der Waals surface area contributed by atoms with Gasteiger partial charge in [0.2, 0.25) is 6.79 Å². The van der Waals surface area contributed by atoms with Crippen molar-refractivity contribution < 1.29 is 14.3 Å². The Morgan fingerprint density at radius 3 is 2.52 bits per heavy atom. The summed E-state index contributed by atoms with van der Waals surface area (Å²) in [6.07, 6.45) is 1.23. The third-order valence-electron chi connectivity index (χ3n) is 4.07. The summed E-state index contributed by atoms with van der Waals surface area (Å²) in [5.41, 5.74) is 0.520. The number of ketones is 1. The lowest BCUT2D eigenvalue weighted by Crippen LogP contribution is -2.41. The Morgan fingerprint density at radius 2 is 1.86 bits per heavy atom. The number of likely N-dealkylation sites (tertiary alicyclic amines) is 1. The van der Waals surface area contributed by atoms with E-state index in [-0.39, 0.29) is 12.6 Å². The fourth-order valence-corrected chi connectivity index (χ4v) is 3.60. The SMILES string of the molecule is CC1CC(C)CN(CC(=O)c2cc3c(cc2Cl)OCO3)C1. The molecule has 0 amide bonds. The second-order valence-electron chi connectivity index (χ2n) is 6.25.